The molecule has 2 saturated carbocycles. The topological polar surface area (TPSA) is 12.9 Å². The van der Waals surface area contributed by atoms with Gasteiger partial charge in [0.15, 0.2) is 0 Å². The molecule has 1 nitrogen and oxygen atoms in total. The number of hydrogen-bond donors (Lipinski definition) is 0. The summed E-state index contributed by atoms with van der Waals surface area (Å²) in [6, 6.07) is 0. The Kier molecular flexibility index (Phi) is 2.63. The average Bonchev–Trinajstić information content (AvgIpc) is 2.93. The van der Waals surface area contributed by atoms with Crippen LogP contribution in [0.25, 0.3) is 0 Å². The number of aromatic nitrogens is 1. The standard InChI is InChI=1S/C12H16BrNS/c13-7-12(5-11-6-14-8-15-11)4-9-1-2-10(12)3-9/h6,8-10H,1-5,7H2. The van der Waals surface area contributed by atoms with Crippen molar-refractivity contribution in [3.63, 3.8) is 0 Å². The van der Waals surface area contributed by atoms with Crippen LogP contribution >= 0.6 is 27.3 Å². The van der Waals surface area contributed by atoms with E-state index in [2.05, 4.69) is 27.1 Å². The molecule has 3 rings (SSSR count). The summed E-state index contributed by atoms with van der Waals surface area (Å²) in [7, 11) is 0. The fraction of sp³-hybridized carbons (Fsp3) is 0.750. The smallest absolute Gasteiger partial charge is 0.0794 e. The molecule has 15 heavy (non-hydrogen) atoms. The van der Waals surface area contributed by atoms with Crippen molar-refractivity contribution in [1.29, 1.82) is 0 Å². The van der Waals surface area contributed by atoms with Crippen LogP contribution in [0.2, 0.25) is 0 Å². The summed E-state index contributed by atoms with van der Waals surface area (Å²) < 4.78 is 0. The maximum atomic E-state index is 4.19. The van der Waals surface area contributed by atoms with Crippen molar-refractivity contribution in [3.05, 3.63) is 16.6 Å². The number of thiazole rings is 1. The molecule has 0 aromatic carbocycles. The predicted molar refractivity (Wildman–Crippen MR) is 67.5 cm³/mol. The second-order valence-corrected chi connectivity index (χ2v) is 6.75. The Morgan fingerprint density at radius 2 is 2.47 bits per heavy atom. The average molecular weight is 286 g/mol. The number of fused-ring (bicyclic) bond motifs is 2. The molecule has 1 aromatic rings. The fourth-order valence-electron chi connectivity index (χ4n) is 3.66. The van der Waals surface area contributed by atoms with Gasteiger partial charge in [-0.1, -0.05) is 22.4 Å². The van der Waals surface area contributed by atoms with E-state index in [1.54, 1.807) is 0 Å². The third kappa shape index (κ3) is 1.68. The third-order valence-electron chi connectivity index (χ3n) is 4.38. The van der Waals surface area contributed by atoms with Crippen LogP contribution in [0.5, 0.6) is 0 Å². The van der Waals surface area contributed by atoms with Gasteiger partial charge in [-0.3, -0.25) is 4.98 Å². The molecular formula is C12H16BrNS. The summed E-state index contributed by atoms with van der Waals surface area (Å²) in [5.74, 6) is 2.00. The molecular weight excluding hydrogens is 270 g/mol. The molecule has 3 unspecified atom stereocenters. The SMILES string of the molecule is BrCC1(Cc2cncs2)CC2CCC1C2. The molecule has 1 heterocycles. The first-order valence-electron chi connectivity index (χ1n) is 5.76. The Bertz CT molecular complexity index is 337. The number of alkyl halides is 1. The Balaban J connectivity index is 1.82. The van der Waals surface area contributed by atoms with Crippen LogP contribution in [0, 0.1) is 17.3 Å². The maximum absolute atomic E-state index is 4.19. The Morgan fingerprint density at radius 1 is 1.53 bits per heavy atom. The molecule has 2 fully saturated rings. The molecule has 2 aliphatic rings. The van der Waals surface area contributed by atoms with E-state index in [1.165, 1.54) is 42.3 Å². The minimum Gasteiger partial charge on any atom is -0.253 e. The van der Waals surface area contributed by atoms with Gasteiger partial charge in [0, 0.05) is 16.4 Å². The molecule has 0 spiro atoms. The summed E-state index contributed by atoms with van der Waals surface area (Å²) in [6.45, 7) is 0. The highest BCUT2D eigenvalue weighted by atomic mass is 79.9. The predicted octanol–water partition coefficient (Wildman–Crippen LogP) is 3.89. The second-order valence-electron chi connectivity index (χ2n) is 5.22. The van der Waals surface area contributed by atoms with Crippen LogP contribution in [-0.4, -0.2) is 10.3 Å². The minimum absolute atomic E-state index is 0.565. The van der Waals surface area contributed by atoms with Crippen molar-refractivity contribution in [3.8, 4) is 0 Å². The maximum Gasteiger partial charge on any atom is 0.0794 e. The van der Waals surface area contributed by atoms with Crippen LogP contribution in [0.1, 0.15) is 30.6 Å². The zero-order valence-corrected chi connectivity index (χ0v) is 11.2. The van der Waals surface area contributed by atoms with Crippen molar-refractivity contribution in [2.45, 2.75) is 32.1 Å². The lowest BCUT2D eigenvalue weighted by Crippen LogP contribution is -2.31. The van der Waals surface area contributed by atoms with E-state index in [-0.39, 0.29) is 0 Å². The first kappa shape index (κ1) is 10.3. The van der Waals surface area contributed by atoms with Gasteiger partial charge in [-0.2, -0.15) is 0 Å². The summed E-state index contributed by atoms with van der Waals surface area (Å²) in [4.78, 5) is 5.67. The summed E-state index contributed by atoms with van der Waals surface area (Å²) in [6.07, 6.45) is 9.20. The number of rotatable bonds is 3. The molecule has 0 saturated heterocycles. The van der Waals surface area contributed by atoms with Crippen molar-refractivity contribution in [2.24, 2.45) is 17.3 Å². The van der Waals surface area contributed by atoms with E-state index in [9.17, 15) is 0 Å². The van der Waals surface area contributed by atoms with Gasteiger partial charge >= 0.3 is 0 Å². The van der Waals surface area contributed by atoms with Crippen molar-refractivity contribution in [2.75, 3.05) is 5.33 Å². The van der Waals surface area contributed by atoms with Crippen LogP contribution < -0.4 is 0 Å². The highest BCUT2D eigenvalue weighted by molar-refractivity contribution is 9.09. The van der Waals surface area contributed by atoms with E-state index in [0.717, 1.165) is 11.8 Å². The first-order valence-corrected chi connectivity index (χ1v) is 7.76. The molecule has 2 bridgehead atoms. The van der Waals surface area contributed by atoms with Gasteiger partial charge in [-0.15, -0.1) is 11.3 Å². The van der Waals surface area contributed by atoms with E-state index >= 15 is 0 Å². The normalized spacial score (nSPS) is 38.7. The molecule has 82 valence electrons. The van der Waals surface area contributed by atoms with Gasteiger partial charge in [-0.25, -0.2) is 0 Å². The van der Waals surface area contributed by atoms with E-state index in [1.807, 2.05) is 16.8 Å². The molecule has 0 N–H and O–H groups in total. The van der Waals surface area contributed by atoms with E-state index < -0.39 is 0 Å². The van der Waals surface area contributed by atoms with Crippen LogP contribution in [0.3, 0.4) is 0 Å². The first-order chi connectivity index (χ1) is 7.32. The van der Waals surface area contributed by atoms with Gasteiger partial charge in [0.05, 0.1) is 5.51 Å². The largest absolute Gasteiger partial charge is 0.253 e. The number of nitrogens with zero attached hydrogens (tertiary/aromatic N) is 1. The molecule has 3 heteroatoms. The second kappa shape index (κ2) is 3.85. The molecule has 0 amide bonds. The van der Waals surface area contributed by atoms with Crippen molar-refractivity contribution >= 4 is 27.3 Å². The lowest BCUT2D eigenvalue weighted by molar-refractivity contribution is 0.198. The van der Waals surface area contributed by atoms with E-state index in [0.29, 0.717) is 5.41 Å². The Morgan fingerprint density at radius 3 is 3.00 bits per heavy atom. The summed E-state index contributed by atoms with van der Waals surface area (Å²) >= 11 is 5.58. The Hall–Kier alpha value is 0.110. The van der Waals surface area contributed by atoms with Gasteiger partial charge in [0.25, 0.3) is 0 Å². The quantitative estimate of drug-likeness (QED) is 0.768. The fourth-order valence-corrected chi connectivity index (χ4v) is 5.30. The van der Waals surface area contributed by atoms with Crippen LogP contribution in [0.15, 0.2) is 11.7 Å². The molecule has 2 aliphatic carbocycles. The summed E-state index contributed by atoms with van der Waals surface area (Å²) in [5.41, 5.74) is 2.53. The zero-order valence-electron chi connectivity index (χ0n) is 8.79. The monoisotopic (exact) mass is 285 g/mol. The third-order valence-corrected chi connectivity index (χ3v) is 6.27. The number of halogens is 1. The molecule has 0 aliphatic heterocycles. The lowest BCUT2D eigenvalue weighted by Gasteiger charge is -2.36. The van der Waals surface area contributed by atoms with Crippen molar-refractivity contribution in [1.82, 2.24) is 4.98 Å². The molecule has 0 radical (unpaired) electrons. The van der Waals surface area contributed by atoms with Gasteiger partial charge < -0.3 is 0 Å². The lowest BCUT2D eigenvalue weighted by atomic mass is 9.72. The van der Waals surface area contributed by atoms with Gasteiger partial charge in [0.2, 0.25) is 0 Å². The van der Waals surface area contributed by atoms with Gasteiger partial charge in [0.1, 0.15) is 0 Å². The molecule has 1 aromatic heterocycles. The molecule has 3 atom stereocenters. The van der Waals surface area contributed by atoms with Crippen LogP contribution in [0.4, 0.5) is 0 Å². The van der Waals surface area contributed by atoms with Crippen LogP contribution in [-0.2, 0) is 6.42 Å². The minimum atomic E-state index is 0.565. The zero-order chi connectivity index (χ0) is 10.3. The van der Waals surface area contributed by atoms with E-state index in [4.69, 9.17) is 0 Å². The van der Waals surface area contributed by atoms with Gasteiger partial charge in [-0.05, 0) is 42.9 Å². The highest BCUT2D eigenvalue weighted by Crippen LogP contribution is 2.58. The Labute approximate surface area is 103 Å². The highest BCUT2D eigenvalue weighted by Gasteiger charge is 2.50. The number of hydrogen-bond acceptors (Lipinski definition) is 2. The summed E-state index contributed by atoms with van der Waals surface area (Å²) in [5, 5.41) is 1.18. The van der Waals surface area contributed by atoms with Crippen molar-refractivity contribution < 1.29 is 0 Å².